The Kier molecular flexibility index (Phi) is 7.64. The second kappa shape index (κ2) is 10.9. The number of methoxy groups -OCH3 is 1. The summed E-state index contributed by atoms with van der Waals surface area (Å²) in [5, 5.41) is 5.68. The van der Waals surface area contributed by atoms with Crippen molar-refractivity contribution in [2.24, 2.45) is 0 Å². The van der Waals surface area contributed by atoms with E-state index in [2.05, 4.69) is 10.1 Å². The molecule has 0 bridgehead atoms. The van der Waals surface area contributed by atoms with Gasteiger partial charge >= 0.3 is 6.09 Å². The van der Waals surface area contributed by atoms with Crippen molar-refractivity contribution in [1.29, 1.82) is 0 Å². The first kappa shape index (κ1) is 28.1. The lowest BCUT2D eigenvalue weighted by Crippen LogP contribution is -2.41. The highest BCUT2D eigenvalue weighted by molar-refractivity contribution is 7.17. The van der Waals surface area contributed by atoms with Crippen LogP contribution in [0.5, 0.6) is 0 Å². The van der Waals surface area contributed by atoms with Gasteiger partial charge in [0.2, 0.25) is 0 Å². The number of pyridine rings is 1. The fourth-order valence-electron chi connectivity index (χ4n) is 4.83. The highest BCUT2D eigenvalue weighted by Gasteiger charge is 2.34. The molecule has 0 saturated heterocycles. The Balaban J connectivity index is 1.63. The van der Waals surface area contributed by atoms with E-state index >= 15 is 8.78 Å². The highest BCUT2D eigenvalue weighted by Crippen LogP contribution is 2.43. The van der Waals surface area contributed by atoms with Gasteiger partial charge in [0.05, 0.1) is 43.8 Å². The van der Waals surface area contributed by atoms with Gasteiger partial charge in [-0.2, -0.15) is 5.10 Å². The fourth-order valence-corrected chi connectivity index (χ4v) is 5.65. The van der Waals surface area contributed by atoms with E-state index in [4.69, 9.17) is 14.2 Å². The van der Waals surface area contributed by atoms with Crippen LogP contribution in [0.2, 0.25) is 0 Å². The largest absolute Gasteiger partial charge is 0.444 e. The van der Waals surface area contributed by atoms with Crippen molar-refractivity contribution in [2.75, 3.05) is 26.9 Å². The Labute approximate surface area is 231 Å². The molecule has 9 nitrogen and oxygen atoms in total. The molecule has 4 heterocycles. The average molecular weight is 579 g/mol. The summed E-state index contributed by atoms with van der Waals surface area (Å²) in [5.74, 6) is -2.38. The average Bonchev–Trinajstić information content (AvgIpc) is 3.47. The van der Waals surface area contributed by atoms with E-state index in [0.717, 1.165) is 17.4 Å². The molecule has 1 unspecified atom stereocenters. The number of nitrogens with one attached hydrogen (secondary N) is 1. The van der Waals surface area contributed by atoms with Crippen LogP contribution in [0.3, 0.4) is 0 Å². The number of halogens is 3. The van der Waals surface area contributed by atoms with Crippen LogP contribution in [0.25, 0.3) is 27.0 Å². The minimum absolute atomic E-state index is 0.0384. The number of thiophene rings is 1. The number of aromatic nitrogens is 3. The molecule has 2 aliphatic rings. The molecule has 1 N–H and O–H groups in total. The minimum atomic E-state index is -1.10. The summed E-state index contributed by atoms with van der Waals surface area (Å²) in [6, 6.07) is 1.65. The van der Waals surface area contributed by atoms with Gasteiger partial charge in [-0.3, -0.25) is 9.48 Å². The van der Waals surface area contributed by atoms with Gasteiger partial charge in [0.15, 0.2) is 0 Å². The van der Waals surface area contributed by atoms with E-state index in [1.54, 1.807) is 31.5 Å². The molecule has 0 radical (unpaired) electrons. The Hall–Kier alpha value is -3.42. The van der Waals surface area contributed by atoms with Crippen LogP contribution >= 0.6 is 11.3 Å². The molecule has 5 rings (SSSR count). The van der Waals surface area contributed by atoms with Crippen molar-refractivity contribution < 1.29 is 32.2 Å². The molecule has 0 aromatic carbocycles. The minimum Gasteiger partial charge on any atom is -0.444 e. The zero-order valence-electron chi connectivity index (χ0n) is 22.5. The molecule has 1 atom stereocenters. The highest BCUT2D eigenvalue weighted by atomic mass is 32.1. The van der Waals surface area contributed by atoms with Crippen molar-refractivity contribution in [3.05, 3.63) is 56.6 Å². The molecule has 0 fully saturated rings. The number of amides is 1. The molecule has 0 saturated carbocycles. The molecule has 3 aromatic rings. The summed E-state index contributed by atoms with van der Waals surface area (Å²) >= 11 is 0.885. The molecule has 1 aliphatic carbocycles. The summed E-state index contributed by atoms with van der Waals surface area (Å²) in [7, 11) is 1.47. The molecule has 1 amide bonds. The second-order valence-electron chi connectivity index (χ2n) is 10.5. The molecule has 214 valence electrons. The molecule has 1 aliphatic heterocycles. The number of rotatable bonds is 6. The Morgan fingerprint density at radius 3 is 2.73 bits per heavy atom. The fraction of sp³-hybridized carbons (Fsp3) is 0.444. The first-order valence-electron chi connectivity index (χ1n) is 12.7. The van der Waals surface area contributed by atoms with Crippen LogP contribution < -0.4 is 5.56 Å². The van der Waals surface area contributed by atoms with Crippen LogP contribution in [0.15, 0.2) is 34.0 Å². The Morgan fingerprint density at radius 2 is 2.00 bits per heavy atom. The van der Waals surface area contributed by atoms with Gasteiger partial charge in [-0.1, -0.05) is 0 Å². The van der Waals surface area contributed by atoms with Crippen LogP contribution in [0.4, 0.5) is 18.0 Å². The molecule has 3 aromatic heterocycles. The van der Waals surface area contributed by atoms with Crippen LogP contribution in [0.1, 0.15) is 38.4 Å². The van der Waals surface area contributed by atoms with Gasteiger partial charge in [-0.15, -0.1) is 11.3 Å². The number of carbonyl (C=O) groups excluding carboxylic acids is 1. The summed E-state index contributed by atoms with van der Waals surface area (Å²) in [5.41, 5.74) is -0.333. The van der Waals surface area contributed by atoms with Gasteiger partial charge in [-0.05, 0) is 26.8 Å². The lowest BCUT2D eigenvalue weighted by molar-refractivity contribution is 0.0194. The first-order valence-corrected chi connectivity index (χ1v) is 13.6. The zero-order valence-corrected chi connectivity index (χ0v) is 23.3. The van der Waals surface area contributed by atoms with Crippen LogP contribution in [-0.4, -0.2) is 64.3 Å². The number of allylic oxidation sites excluding steroid dienone is 2. The second-order valence-corrected chi connectivity index (χ2v) is 11.4. The lowest BCUT2D eigenvalue weighted by atomic mass is 9.89. The Morgan fingerprint density at radius 1 is 1.23 bits per heavy atom. The van der Waals surface area contributed by atoms with Gasteiger partial charge < -0.3 is 24.1 Å². The quantitative estimate of drug-likeness (QED) is 0.398. The summed E-state index contributed by atoms with van der Waals surface area (Å²) < 4.78 is 63.2. The van der Waals surface area contributed by atoms with Gasteiger partial charge in [0, 0.05) is 48.1 Å². The van der Waals surface area contributed by atoms with Crippen molar-refractivity contribution >= 4 is 33.1 Å². The SMILES string of the molecule is COCCOC1CC(F)=CC(F)=C1c1c(-c2cc3n(n2)CCN(C(=O)OC(C)(C)C)C3)[nH]c(=O)c2scc(F)c12. The normalized spacial score (nSPS) is 17.8. The zero-order chi connectivity index (χ0) is 28.8. The van der Waals surface area contributed by atoms with E-state index in [0.29, 0.717) is 18.8 Å². The maximum atomic E-state index is 15.6. The number of carbonyl (C=O) groups is 1. The van der Waals surface area contributed by atoms with Crippen LogP contribution in [0, 0.1) is 5.82 Å². The van der Waals surface area contributed by atoms with Crippen LogP contribution in [-0.2, 0) is 27.3 Å². The predicted molar refractivity (Wildman–Crippen MR) is 144 cm³/mol. The van der Waals surface area contributed by atoms with Gasteiger partial charge in [-0.25, -0.2) is 18.0 Å². The number of hydrogen-bond acceptors (Lipinski definition) is 7. The van der Waals surface area contributed by atoms with Crippen molar-refractivity contribution in [2.45, 2.75) is 52.0 Å². The van der Waals surface area contributed by atoms with Crippen molar-refractivity contribution in [3.8, 4) is 11.4 Å². The third-order valence-corrected chi connectivity index (χ3v) is 7.47. The number of nitrogens with zero attached hydrogens (tertiary/aromatic N) is 3. The van der Waals surface area contributed by atoms with E-state index in [1.165, 1.54) is 17.4 Å². The maximum absolute atomic E-state index is 15.6. The smallest absolute Gasteiger partial charge is 0.410 e. The molecular formula is C27H29F3N4O5S. The predicted octanol–water partition coefficient (Wildman–Crippen LogP) is 5.31. The van der Waals surface area contributed by atoms with Gasteiger partial charge in [0.25, 0.3) is 5.56 Å². The number of aromatic amines is 1. The van der Waals surface area contributed by atoms with Gasteiger partial charge in [0.1, 0.15) is 33.5 Å². The summed E-state index contributed by atoms with van der Waals surface area (Å²) in [4.78, 5) is 30.0. The first-order chi connectivity index (χ1) is 19.0. The number of H-pyrrole nitrogens is 1. The van der Waals surface area contributed by atoms with E-state index in [-0.39, 0.29) is 58.8 Å². The van der Waals surface area contributed by atoms with E-state index in [1.807, 2.05) is 0 Å². The monoisotopic (exact) mass is 578 g/mol. The standard InChI is InChI=1S/C27H29F3N4O5S/c1-27(2,3)39-26(36)33-5-6-34-15(12-33)11-18(32-34)23-22(21-17(30)13-40-24(21)25(35)31-23)20-16(29)9-14(28)10-19(20)38-8-7-37-4/h9,11,13,19H,5-8,10,12H2,1-4H3,(H,31,35). The van der Waals surface area contributed by atoms with E-state index in [9.17, 15) is 14.0 Å². The third kappa shape index (κ3) is 5.45. The molecular weight excluding hydrogens is 549 g/mol. The number of ether oxygens (including phenoxy) is 3. The van der Waals surface area contributed by atoms with Crippen molar-refractivity contribution in [1.82, 2.24) is 19.7 Å². The number of fused-ring (bicyclic) bond motifs is 2. The molecule has 13 heteroatoms. The number of hydrogen-bond donors (Lipinski definition) is 1. The topological polar surface area (TPSA) is 98.7 Å². The maximum Gasteiger partial charge on any atom is 0.410 e. The Bertz CT molecular complexity index is 1580. The van der Waals surface area contributed by atoms with E-state index < -0.39 is 40.8 Å². The third-order valence-electron chi connectivity index (χ3n) is 6.52. The van der Waals surface area contributed by atoms with Crippen molar-refractivity contribution in [3.63, 3.8) is 0 Å². The lowest BCUT2D eigenvalue weighted by Gasteiger charge is -2.30. The molecule has 40 heavy (non-hydrogen) atoms. The summed E-state index contributed by atoms with van der Waals surface area (Å²) in [6.45, 7) is 6.42. The molecule has 0 spiro atoms. The summed E-state index contributed by atoms with van der Waals surface area (Å²) in [6.07, 6.45) is -1.11.